The topological polar surface area (TPSA) is 41.6 Å². The van der Waals surface area contributed by atoms with Gasteiger partial charge in [0.05, 0.1) is 6.04 Å². The summed E-state index contributed by atoms with van der Waals surface area (Å²) in [6.45, 7) is 8.34. The molecule has 2 rings (SSSR count). The molecule has 1 atom stereocenters. The molecule has 1 amide bonds. The van der Waals surface area contributed by atoms with E-state index in [1.807, 2.05) is 25.7 Å². The number of piperazine rings is 1. The average molecular weight is 240 g/mol. The van der Waals surface area contributed by atoms with Crippen LogP contribution in [0.1, 0.15) is 40.0 Å². The Bertz CT molecular complexity index is 282. The lowest BCUT2D eigenvalue weighted by atomic mass is 9.78. The Morgan fingerprint density at radius 2 is 2.06 bits per heavy atom. The molecule has 1 unspecified atom stereocenters. The second-order valence-electron chi connectivity index (χ2n) is 6.14. The Morgan fingerprint density at radius 3 is 2.59 bits per heavy atom. The van der Waals surface area contributed by atoms with Gasteiger partial charge < -0.3 is 15.0 Å². The summed E-state index contributed by atoms with van der Waals surface area (Å²) in [4.78, 5) is 14.1. The highest BCUT2D eigenvalue weighted by atomic mass is 16.6. The normalized spacial score (nSPS) is 26.5. The minimum atomic E-state index is -0.397. The highest BCUT2D eigenvalue weighted by molar-refractivity contribution is 5.68. The van der Waals surface area contributed by atoms with Crippen molar-refractivity contribution in [3.05, 3.63) is 0 Å². The van der Waals surface area contributed by atoms with E-state index in [1.165, 1.54) is 19.3 Å². The zero-order valence-electron chi connectivity index (χ0n) is 11.2. The van der Waals surface area contributed by atoms with Crippen LogP contribution in [0.25, 0.3) is 0 Å². The molecule has 1 saturated carbocycles. The van der Waals surface area contributed by atoms with Crippen LogP contribution in [0.3, 0.4) is 0 Å². The Balaban J connectivity index is 1.97. The molecule has 2 fully saturated rings. The van der Waals surface area contributed by atoms with Gasteiger partial charge in [-0.1, -0.05) is 6.42 Å². The molecule has 1 saturated heterocycles. The number of nitrogens with one attached hydrogen (secondary N) is 1. The van der Waals surface area contributed by atoms with Gasteiger partial charge in [0.25, 0.3) is 0 Å². The monoisotopic (exact) mass is 240 g/mol. The van der Waals surface area contributed by atoms with Gasteiger partial charge in [-0.3, -0.25) is 0 Å². The molecular weight excluding hydrogens is 216 g/mol. The molecule has 2 aliphatic rings. The molecule has 0 bridgehead atoms. The molecule has 1 aliphatic carbocycles. The summed E-state index contributed by atoms with van der Waals surface area (Å²) in [6.07, 6.45) is 3.68. The van der Waals surface area contributed by atoms with Gasteiger partial charge in [0.15, 0.2) is 0 Å². The van der Waals surface area contributed by atoms with Crippen molar-refractivity contribution in [2.24, 2.45) is 5.92 Å². The van der Waals surface area contributed by atoms with Crippen LogP contribution in [0, 0.1) is 5.92 Å². The van der Waals surface area contributed by atoms with Crippen molar-refractivity contribution in [2.75, 3.05) is 19.6 Å². The summed E-state index contributed by atoms with van der Waals surface area (Å²) in [5.74, 6) is 0.676. The van der Waals surface area contributed by atoms with Crippen LogP contribution in [0.15, 0.2) is 0 Å². The molecular formula is C13H24N2O2. The van der Waals surface area contributed by atoms with Crippen LogP contribution in [-0.2, 0) is 4.74 Å². The Hall–Kier alpha value is -0.770. The lowest BCUT2D eigenvalue weighted by Crippen LogP contribution is -2.58. The predicted octanol–water partition coefficient (Wildman–Crippen LogP) is 2.00. The zero-order chi connectivity index (χ0) is 12.5. The fourth-order valence-corrected chi connectivity index (χ4v) is 2.52. The number of nitrogens with zero attached hydrogens (tertiary/aromatic N) is 1. The van der Waals surface area contributed by atoms with E-state index < -0.39 is 5.60 Å². The fourth-order valence-electron chi connectivity index (χ4n) is 2.52. The molecule has 4 heteroatoms. The number of ether oxygens (including phenoxy) is 1. The number of hydrogen-bond acceptors (Lipinski definition) is 3. The lowest BCUT2D eigenvalue weighted by molar-refractivity contribution is -0.00245. The maximum atomic E-state index is 12.1. The maximum absolute atomic E-state index is 12.1. The first-order valence-electron chi connectivity index (χ1n) is 6.68. The van der Waals surface area contributed by atoms with E-state index in [9.17, 15) is 4.79 Å². The summed E-state index contributed by atoms with van der Waals surface area (Å²) in [5.41, 5.74) is -0.397. The van der Waals surface area contributed by atoms with Crippen molar-refractivity contribution in [2.45, 2.75) is 51.7 Å². The van der Waals surface area contributed by atoms with Crippen LogP contribution < -0.4 is 5.32 Å². The van der Waals surface area contributed by atoms with Crippen molar-refractivity contribution < 1.29 is 9.53 Å². The minimum absolute atomic E-state index is 0.143. The van der Waals surface area contributed by atoms with Crippen molar-refractivity contribution in [3.63, 3.8) is 0 Å². The highest BCUT2D eigenvalue weighted by Crippen LogP contribution is 2.33. The van der Waals surface area contributed by atoms with E-state index in [0.29, 0.717) is 12.0 Å². The first-order chi connectivity index (χ1) is 7.97. The van der Waals surface area contributed by atoms with Crippen LogP contribution >= 0.6 is 0 Å². The molecule has 1 aliphatic heterocycles. The van der Waals surface area contributed by atoms with Crippen LogP contribution in [0.4, 0.5) is 4.79 Å². The molecule has 0 aromatic rings. The number of hydrogen-bond donors (Lipinski definition) is 1. The third kappa shape index (κ3) is 3.12. The van der Waals surface area contributed by atoms with Crippen LogP contribution in [-0.4, -0.2) is 42.3 Å². The Morgan fingerprint density at radius 1 is 1.35 bits per heavy atom. The highest BCUT2D eigenvalue weighted by Gasteiger charge is 2.37. The van der Waals surface area contributed by atoms with Crippen LogP contribution in [0.5, 0.6) is 0 Å². The van der Waals surface area contributed by atoms with E-state index in [1.54, 1.807) is 0 Å². The molecule has 4 nitrogen and oxygen atoms in total. The third-order valence-corrected chi connectivity index (χ3v) is 3.61. The molecule has 0 spiro atoms. The molecule has 1 N–H and O–H groups in total. The molecule has 98 valence electrons. The lowest BCUT2D eigenvalue weighted by Gasteiger charge is -2.44. The molecule has 17 heavy (non-hydrogen) atoms. The van der Waals surface area contributed by atoms with Crippen molar-refractivity contribution in [1.82, 2.24) is 10.2 Å². The van der Waals surface area contributed by atoms with Gasteiger partial charge >= 0.3 is 6.09 Å². The standard InChI is InChI=1S/C13H24N2O2/c1-13(2,3)17-12(16)15-8-7-14-9-11(15)10-5-4-6-10/h10-11,14H,4-9H2,1-3H3. The maximum Gasteiger partial charge on any atom is 0.410 e. The molecule has 0 aromatic carbocycles. The number of carbonyl (C=O) groups is 1. The van der Waals surface area contributed by atoms with E-state index in [-0.39, 0.29) is 6.09 Å². The van der Waals surface area contributed by atoms with Gasteiger partial charge in [0.2, 0.25) is 0 Å². The fraction of sp³-hybridized carbons (Fsp3) is 0.923. The number of amides is 1. The summed E-state index contributed by atoms with van der Waals surface area (Å²) >= 11 is 0. The van der Waals surface area contributed by atoms with Gasteiger partial charge in [-0.2, -0.15) is 0 Å². The average Bonchev–Trinajstić information content (AvgIpc) is 2.13. The second kappa shape index (κ2) is 4.84. The quantitative estimate of drug-likeness (QED) is 0.762. The largest absolute Gasteiger partial charge is 0.444 e. The molecule has 0 radical (unpaired) electrons. The summed E-state index contributed by atoms with van der Waals surface area (Å²) in [5, 5.41) is 3.38. The van der Waals surface area contributed by atoms with Gasteiger partial charge in [-0.05, 0) is 39.5 Å². The first-order valence-corrected chi connectivity index (χ1v) is 6.68. The van der Waals surface area contributed by atoms with Gasteiger partial charge in [0.1, 0.15) is 5.60 Å². The van der Waals surface area contributed by atoms with E-state index in [2.05, 4.69) is 5.32 Å². The summed E-state index contributed by atoms with van der Waals surface area (Å²) < 4.78 is 5.49. The predicted molar refractivity (Wildman–Crippen MR) is 66.9 cm³/mol. The Labute approximate surface area is 104 Å². The van der Waals surface area contributed by atoms with Crippen molar-refractivity contribution in [1.29, 1.82) is 0 Å². The Kier molecular flexibility index (Phi) is 3.61. The summed E-state index contributed by atoms with van der Waals surface area (Å²) in [6, 6.07) is 0.340. The number of rotatable bonds is 1. The van der Waals surface area contributed by atoms with Crippen molar-refractivity contribution >= 4 is 6.09 Å². The summed E-state index contributed by atoms with van der Waals surface area (Å²) in [7, 11) is 0. The minimum Gasteiger partial charge on any atom is -0.444 e. The van der Waals surface area contributed by atoms with Gasteiger partial charge in [-0.15, -0.1) is 0 Å². The SMILES string of the molecule is CC(C)(C)OC(=O)N1CCNCC1C1CCC1. The van der Waals surface area contributed by atoms with E-state index in [4.69, 9.17) is 4.74 Å². The molecule has 1 heterocycles. The smallest absolute Gasteiger partial charge is 0.410 e. The van der Waals surface area contributed by atoms with Gasteiger partial charge in [-0.25, -0.2) is 4.79 Å². The van der Waals surface area contributed by atoms with Crippen LogP contribution in [0.2, 0.25) is 0 Å². The number of carbonyl (C=O) groups excluding carboxylic acids is 1. The molecule has 0 aromatic heterocycles. The second-order valence-corrected chi connectivity index (χ2v) is 6.14. The first kappa shape index (κ1) is 12.7. The third-order valence-electron chi connectivity index (χ3n) is 3.61. The van der Waals surface area contributed by atoms with E-state index >= 15 is 0 Å². The van der Waals surface area contributed by atoms with Gasteiger partial charge in [0, 0.05) is 19.6 Å². The van der Waals surface area contributed by atoms with E-state index in [0.717, 1.165) is 19.6 Å². The zero-order valence-corrected chi connectivity index (χ0v) is 11.2. The van der Waals surface area contributed by atoms with Crippen molar-refractivity contribution in [3.8, 4) is 0 Å².